The van der Waals surface area contributed by atoms with Gasteiger partial charge in [-0.15, -0.1) is 11.3 Å². The van der Waals surface area contributed by atoms with Crippen LogP contribution in [0.25, 0.3) is 27.6 Å². The SMILES string of the molecule is COc1ccc(-c2cc(NC(C)=O)n(-c3nc(-c4ccc(F)cc4)cs3)n2)cc1. The molecule has 2 heterocycles. The third-order valence-electron chi connectivity index (χ3n) is 4.21. The van der Waals surface area contributed by atoms with Gasteiger partial charge in [-0.05, 0) is 48.5 Å². The van der Waals surface area contributed by atoms with Gasteiger partial charge in [-0.2, -0.15) is 9.78 Å². The van der Waals surface area contributed by atoms with Crippen LogP contribution in [0.3, 0.4) is 0 Å². The Morgan fingerprint density at radius 1 is 1.07 bits per heavy atom. The highest BCUT2D eigenvalue weighted by atomic mass is 32.1. The van der Waals surface area contributed by atoms with Crippen LogP contribution in [-0.4, -0.2) is 27.8 Å². The average Bonchev–Trinajstić information content (AvgIpc) is 3.35. The topological polar surface area (TPSA) is 69.0 Å². The number of methoxy groups -OCH3 is 1. The summed E-state index contributed by atoms with van der Waals surface area (Å²) in [6.45, 7) is 1.44. The lowest BCUT2D eigenvalue weighted by Gasteiger charge is -2.03. The van der Waals surface area contributed by atoms with Gasteiger partial charge < -0.3 is 10.1 Å². The lowest BCUT2D eigenvalue weighted by molar-refractivity contribution is -0.114. The first-order valence-electron chi connectivity index (χ1n) is 8.77. The third kappa shape index (κ3) is 4.02. The van der Waals surface area contributed by atoms with E-state index in [1.165, 1.54) is 30.4 Å². The summed E-state index contributed by atoms with van der Waals surface area (Å²) in [7, 11) is 1.61. The first-order valence-corrected chi connectivity index (χ1v) is 9.65. The number of nitrogens with one attached hydrogen (secondary N) is 1. The Bertz CT molecular complexity index is 1150. The van der Waals surface area contributed by atoms with Crippen LogP contribution >= 0.6 is 11.3 Å². The summed E-state index contributed by atoms with van der Waals surface area (Å²) in [5, 5.41) is 9.88. The molecule has 0 unspecified atom stereocenters. The molecule has 1 amide bonds. The minimum Gasteiger partial charge on any atom is -0.497 e. The van der Waals surface area contributed by atoms with Crippen molar-refractivity contribution < 1.29 is 13.9 Å². The Labute approximate surface area is 170 Å². The highest BCUT2D eigenvalue weighted by Crippen LogP contribution is 2.30. The van der Waals surface area contributed by atoms with Crippen LogP contribution in [0.4, 0.5) is 10.2 Å². The van der Waals surface area contributed by atoms with Gasteiger partial charge >= 0.3 is 0 Å². The van der Waals surface area contributed by atoms with E-state index in [0.29, 0.717) is 22.3 Å². The molecular weight excluding hydrogens is 391 g/mol. The Balaban J connectivity index is 1.73. The highest BCUT2D eigenvalue weighted by Gasteiger charge is 2.16. The molecule has 0 aliphatic carbocycles. The van der Waals surface area contributed by atoms with Gasteiger partial charge in [0.1, 0.15) is 17.4 Å². The molecule has 29 heavy (non-hydrogen) atoms. The highest BCUT2D eigenvalue weighted by molar-refractivity contribution is 7.12. The van der Waals surface area contributed by atoms with E-state index < -0.39 is 0 Å². The van der Waals surface area contributed by atoms with Gasteiger partial charge in [-0.3, -0.25) is 4.79 Å². The van der Waals surface area contributed by atoms with Crippen molar-refractivity contribution in [2.75, 3.05) is 12.4 Å². The zero-order valence-electron chi connectivity index (χ0n) is 15.7. The Morgan fingerprint density at radius 3 is 2.38 bits per heavy atom. The summed E-state index contributed by atoms with van der Waals surface area (Å²) >= 11 is 1.38. The van der Waals surface area contributed by atoms with Crippen LogP contribution in [-0.2, 0) is 4.79 Å². The molecule has 8 heteroatoms. The van der Waals surface area contributed by atoms with Crippen LogP contribution in [0.5, 0.6) is 5.75 Å². The maximum atomic E-state index is 13.2. The van der Waals surface area contributed by atoms with Crippen molar-refractivity contribution >= 4 is 23.1 Å². The number of halogens is 1. The van der Waals surface area contributed by atoms with E-state index in [9.17, 15) is 9.18 Å². The number of ether oxygens (including phenoxy) is 1. The van der Waals surface area contributed by atoms with E-state index in [-0.39, 0.29) is 11.7 Å². The molecule has 0 radical (unpaired) electrons. The molecule has 4 aromatic rings. The monoisotopic (exact) mass is 408 g/mol. The van der Waals surface area contributed by atoms with Crippen LogP contribution in [0.15, 0.2) is 60.0 Å². The Kier molecular flexibility index (Phi) is 5.09. The number of anilines is 1. The van der Waals surface area contributed by atoms with Crippen molar-refractivity contribution in [1.82, 2.24) is 14.8 Å². The summed E-state index contributed by atoms with van der Waals surface area (Å²) in [6, 6.07) is 15.4. The number of benzene rings is 2. The van der Waals surface area contributed by atoms with Crippen molar-refractivity contribution in [3.05, 3.63) is 65.8 Å². The second-order valence-corrected chi connectivity index (χ2v) is 7.10. The second-order valence-electron chi connectivity index (χ2n) is 6.26. The molecule has 0 aliphatic rings. The number of hydrogen-bond donors (Lipinski definition) is 1. The zero-order valence-corrected chi connectivity index (χ0v) is 16.5. The lowest BCUT2D eigenvalue weighted by Crippen LogP contribution is -2.10. The molecule has 0 atom stereocenters. The average molecular weight is 408 g/mol. The van der Waals surface area contributed by atoms with Gasteiger partial charge in [0, 0.05) is 29.5 Å². The number of amides is 1. The molecule has 0 saturated heterocycles. The molecule has 6 nitrogen and oxygen atoms in total. The number of aromatic nitrogens is 3. The fraction of sp³-hybridized carbons (Fsp3) is 0.0952. The molecular formula is C21H17FN4O2S. The summed E-state index contributed by atoms with van der Waals surface area (Å²) in [5.41, 5.74) is 3.08. The molecule has 2 aromatic heterocycles. The van der Waals surface area contributed by atoms with Crippen molar-refractivity contribution in [3.63, 3.8) is 0 Å². The smallest absolute Gasteiger partial charge is 0.222 e. The van der Waals surface area contributed by atoms with Gasteiger partial charge in [0.2, 0.25) is 11.0 Å². The van der Waals surface area contributed by atoms with Crippen LogP contribution in [0.1, 0.15) is 6.92 Å². The number of hydrogen-bond acceptors (Lipinski definition) is 5. The lowest BCUT2D eigenvalue weighted by atomic mass is 10.1. The van der Waals surface area contributed by atoms with Gasteiger partial charge in [0.05, 0.1) is 18.5 Å². The third-order valence-corrected chi connectivity index (χ3v) is 5.03. The maximum Gasteiger partial charge on any atom is 0.222 e. The maximum absolute atomic E-state index is 13.2. The summed E-state index contributed by atoms with van der Waals surface area (Å²) in [6.07, 6.45) is 0. The molecule has 0 fully saturated rings. The Hall–Kier alpha value is -3.52. The molecule has 146 valence electrons. The van der Waals surface area contributed by atoms with Gasteiger partial charge in [-0.25, -0.2) is 9.37 Å². The van der Waals surface area contributed by atoms with Crippen molar-refractivity contribution in [2.24, 2.45) is 0 Å². The van der Waals surface area contributed by atoms with Gasteiger partial charge in [0.15, 0.2) is 0 Å². The van der Waals surface area contributed by atoms with Crippen LogP contribution < -0.4 is 10.1 Å². The second kappa shape index (κ2) is 7.84. The van der Waals surface area contributed by atoms with E-state index in [0.717, 1.165) is 16.9 Å². The molecule has 0 saturated carbocycles. The first-order chi connectivity index (χ1) is 14.0. The van der Waals surface area contributed by atoms with E-state index in [1.807, 2.05) is 29.6 Å². The standard InChI is InChI=1S/C21H17FN4O2S/c1-13(27)23-20-11-18(14-5-9-17(28-2)10-6-14)25-26(20)21-24-19(12-29-21)15-3-7-16(22)8-4-15/h3-12H,1-2H3,(H,23,27). The largest absolute Gasteiger partial charge is 0.497 e. The molecule has 2 aromatic carbocycles. The number of thiazole rings is 1. The zero-order chi connectivity index (χ0) is 20.4. The van der Waals surface area contributed by atoms with Crippen molar-refractivity contribution in [2.45, 2.75) is 6.92 Å². The van der Waals surface area contributed by atoms with E-state index in [2.05, 4.69) is 15.4 Å². The molecule has 1 N–H and O–H groups in total. The normalized spacial score (nSPS) is 10.7. The number of carbonyl (C=O) groups is 1. The number of rotatable bonds is 5. The van der Waals surface area contributed by atoms with Gasteiger partial charge in [0.25, 0.3) is 0 Å². The van der Waals surface area contributed by atoms with E-state index in [1.54, 1.807) is 30.0 Å². The van der Waals surface area contributed by atoms with Gasteiger partial charge in [-0.1, -0.05) is 0 Å². The predicted molar refractivity (Wildman–Crippen MR) is 111 cm³/mol. The summed E-state index contributed by atoms with van der Waals surface area (Å²) in [4.78, 5) is 16.3. The summed E-state index contributed by atoms with van der Waals surface area (Å²) in [5.74, 6) is 0.763. The number of carbonyl (C=O) groups excluding carboxylic acids is 1. The Morgan fingerprint density at radius 2 is 1.72 bits per heavy atom. The fourth-order valence-electron chi connectivity index (χ4n) is 2.81. The summed E-state index contributed by atoms with van der Waals surface area (Å²) < 4.78 is 20.0. The van der Waals surface area contributed by atoms with E-state index >= 15 is 0 Å². The van der Waals surface area contributed by atoms with E-state index in [4.69, 9.17) is 4.74 Å². The number of nitrogens with zero attached hydrogens (tertiary/aromatic N) is 3. The minimum absolute atomic E-state index is 0.206. The fourth-order valence-corrected chi connectivity index (χ4v) is 3.61. The predicted octanol–water partition coefficient (Wildman–Crippen LogP) is 4.77. The molecule has 0 spiro atoms. The molecule has 0 aliphatic heterocycles. The van der Waals surface area contributed by atoms with Crippen molar-refractivity contribution in [1.29, 1.82) is 0 Å². The quantitative estimate of drug-likeness (QED) is 0.517. The molecule has 4 rings (SSSR count). The van der Waals surface area contributed by atoms with Crippen LogP contribution in [0, 0.1) is 5.82 Å². The molecule has 0 bridgehead atoms. The first kappa shape index (κ1) is 18.8. The minimum atomic E-state index is -0.298. The van der Waals surface area contributed by atoms with Crippen molar-refractivity contribution in [3.8, 4) is 33.4 Å². The van der Waals surface area contributed by atoms with Crippen LogP contribution in [0.2, 0.25) is 0 Å².